The summed E-state index contributed by atoms with van der Waals surface area (Å²) in [6.07, 6.45) is 1.71. The van der Waals surface area contributed by atoms with Crippen molar-refractivity contribution in [3.63, 3.8) is 0 Å². The van der Waals surface area contributed by atoms with Crippen LogP contribution in [0.15, 0.2) is 42.6 Å². The molecule has 29 heavy (non-hydrogen) atoms. The van der Waals surface area contributed by atoms with Gasteiger partial charge in [0.15, 0.2) is 5.82 Å². The number of phenolic OH excluding ortho intramolecular Hbond substituents is 1. The second-order valence-corrected chi connectivity index (χ2v) is 6.75. The number of hydrogen-bond acceptors (Lipinski definition) is 6. The van der Waals surface area contributed by atoms with Crippen LogP contribution in [0.5, 0.6) is 5.75 Å². The summed E-state index contributed by atoms with van der Waals surface area (Å²) in [5.74, 6) is 1.24. The Kier molecular flexibility index (Phi) is 4.75. The predicted octanol–water partition coefficient (Wildman–Crippen LogP) is 4.79. The minimum absolute atomic E-state index is 0.226. The van der Waals surface area contributed by atoms with Crippen molar-refractivity contribution in [2.75, 3.05) is 10.6 Å². The van der Waals surface area contributed by atoms with Crippen molar-refractivity contribution in [3.05, 3.63) is 59.7 Å². The van der Waals surface area contributed by atoms with Gasteiger partial charge in [-0.1, -0.05) is 12.1 Å². The third-order valence-corrected chi connectivity index (χ3v) is 4.79. The largest absolute Gasteiger partial charge is 0.508 e. The molecule has 148 valence electrons. The maximum Gasteiger partial charge on any atom is 0.214 e. The number of halogens is 1. The van der Waals surface area contributed by atoms with E-state index in [0.717, 1.165) is 27.7 Å². The van der Waals surface area contributed by atoms with Crippen LogP contribution in [0, 0.1) is 19.8 Å². The molecule has 0 radical (unpaired) electrons. The normalized spacial score (nSPS) is 11.0. The van der Waals surface area contributed by atoms with Crippen LogP contribution in [0.2, 0.25) is 0 Å². The minimum atomic E-state index is -0.557. The van der Waals surface area contributed by atoms with Crippen molar-refractivity contribution >= 4 is 34.0 Å². The van der Waals surface area contributed by atoms with Crippen molar-refractivity contribution in [1.82, 2.24) is 19.7 Å². The van der Waals surface area contributed by atoms with E-state index in [2.05, 4.69) is 25.7 Å². The number of aromatic nitrogens is 4. The molecule has 0 saturated carbocycles. The summed E-state index contributed by atoms with van der Waals surface area (Å²) in [5, 5.41) is 21.9. The molecule has 0 atom stereocenters. The molecule has 1 aromatic carbocycles. The first-order chi connectivity index (χ1) is 14.0. The van der Waals surface area contributed by atoms with Gasteiger partial charge in [0, 0.05) is 30.1 Å². The number of fused-ring (bicyclic) bond motifs is 1. The van der Waals surface area contributed by atoms with Gasteiger partial charge in [-0.25, -0.2) is 9.97 Å². The fourth-order valence-electron chi connectivity index (χ4n) is 3.23. The molecule has 0 unspecified atom stereocenters. The van der Waals surface area contributed by atoms with Crippen LogP contribution in [0.4, 0.5) is 27.5 Å². The zero-order valence-corrected chi connectivity index (χ0v) is 16.4. The van der Waals surface area contributed by atoms with E-state index in [9.17, 15) is 9.50 Å². The summed E-state index contributed by atoms with van der Waals surface area (Å²) < 4.78 is 15.2. The second kappa shape index (κ2) is 7.38. The second-order valence-electron chi connectivity index (χ2n) is 6.75. The highest BCUT2D eigenvalue weighted by atomic mass is 19.1. The van der Waals surface area contributed by atoms with Gasteiger partial charge in [0.2, 0.25) is 5.95 Å². The third-order valence-electron chi connectivity index (χ3n) is 4.79. The summed E-state index contributed by atoms with van der Waals surface area (Å²) in [6, 6.07) is 9.94. The maximum absolute atomic E-state index is 13.3. The van der Waals surface area contributed by atoms with Crippen LogP contribution in [0.25, 0.3) is 10.9 Å². The Hall–Kier alpha value is -3.68. The van der Waals surface area contributed by atoms with E-state index in [0.29, 0.717) is 24.0 Å². The van der Waals surface area contributed by atoms with Crippen LogP contribution < -0.4 is 10.6 Å². The van der Waals surface area contributed by atoms with E-state index in [4.69, 9.17) is 0 Å². The number of aromatic hydroxyl groups is 1. The zero-order valence-electron chi connectivity index (χ0n) is 16.4. The lowest BCUT2D eigenvalue weighted by Crippen LogP contribution is -2.00. The zero-order chi connectivity index (χ0) is 20.5. The Morgan fingerprint density at radius 3 is 2.69 bits per heavy atom. The number of nitrogens with one attached hydrogen (secondary N) is 2. The Labute approximate surface area is 167 Å². The third kappa shape index (κ3) is 3.56. The summed E-state index contributed by atoms with van der Waals surface area (Å²) in [5.41, 5.74) is 3.45. The first-order valence-corrected chi connectivity index (χ1v) is 9.28. The molecule has 0 fully saturated rings. The number of benzene rings is 1. The van der Waals surface area contributed by atoms with Gasteiger partial charge in [0.1, 0.15) is 17.4 Å². The molecule has 7 nitrogen and oxygen atoms in total. The van der Waals surface area contributed by atoms with Crippen molar-refractivity contribution in [2.24, 2.45) is 0 Å². The highest BCUT2D eigenvalue weighted by Gasteiger charge is 2.15. The number of anilines is 4. The topological polar surface area (TPSA) is 87.9 Å². The number of pyridine rings is 2. The number of nitrogens with zero attached hydrogens (tertiary/aromatic N) is 4. The predicted molar refractivity (Wildman–Crippen MR) is 112 cm³/mol. The van der Waals surface area contributed by atoms with E-state index in [1.54, 1.807) is 24.4 Å². The van der Waals surface area contributed by atoms with Gasteiger partial charge in [-0.15, -0.1) is 0 Å². The monoisotopic (exact) mass is 392 g/mol. The van der Waals surface area contributed by atoms with Gasteiger partial charge in [-0.2, -0.15) is 9.49 Å². The lowest BCUT2D eigenvalue weighted by molar-refractivity contribution is 0.471. The minimum Gasteiger partial charge on any atom is -0.508 e. The molecule has 0 spiro atoms. The van der Waals surface area contributed by atoms with Gasteiger partial charge in [-0.3, -0.25) is 4.68 Å². The highest BCUT2D eigenvalue weighted by Crippen LogP contribution is 2.33. The van der Waals surface area contributed by atoms with Crippen LogP contribution in [0.3, 0.4) is 0 Å². The van der Waals surface area contributed by atoms with E-state index >= 15 is 0 Å². The van der Waals surface area contributed by atoms with Crippen LogP contribution >= 0.6 is 0 Å². The quantitative estimate of drug-likeness (QED) is 0.423. The number of hydrogen-bond donors (Lipinski definition) is 3. The first kappa shape index (κ1) is 18.7. The molecule has 8 heteroatoms. The van der Waals surface area contributed by atoms with Crippen LogP contribution in [0.1, 0.15) is 18.1 Å². The van der Waals surface area contributed by atoms with Gasteiger partial charge >= 0.3 is 0 Å². The number of rotatable bonds is 5. The average Bonchev–Trinajstić information content (AvgIpc) is 3.05. The molecule has 0 bridgehead atoms. The molecule has 0 aliphatic heterocycles. The summed E-state index contributed by atoms with van der Waals surface area (Å²) in [6.45, 7) is 6.50. The summed E-state index contributed by atoms with van der Waals surface area (Å²) in [7, 11) is 0. The van der Waals surface area contributed by atoms with E-state index in [1.165, 1.54) is 6.07 Å². The molecular weight excluding hydrogens is 371 g/mol. The van der Waals surface area contributed by atoms with Gasteiger partial charge in [0.25, 0.3) is 0 Å². The SMILES string of the molecule is CCn1nc(Nc2c(C)ccc(O)c2C)c2cnc(Nc3cccc(F)n3)cc21. The molecule has 0 saturated heterocycles. The molecule has 3 N–H and O–H groups in total. The van der Waals surface area contributed by atoms with Crippen molar-refractivity contribution in [2.45, 2.75) is 27.3 Å². The maximum atomic E-state index is 13.3. The molecule has 3 heterocycles. The number of aryl methyl sites for hydroxylation is 2. The standard InChI is InChI=1S/C21H21FN6O/c1-4-28-15-10-19(25-18-7-5-6-17(22)24-18)23-11-14(15)21(27-28)26-20-12(2)8-9-16(29)13(20)3/h5-11,29H,4H2,1-3H3,(H,26,27)(H,23,24,25). The van der Waals surface area contributed by atoms with E-state index < -0.39 is 5.95 Å². The molecule has 0 aliphatic carbocycles. The Balaban J connectivity index is 1.73. The molecular formula is C21H21FN6O. The lowest BCUT2D eigenvalue weighted by Gasteiger charge is -2.12. The lowest BCUT2D eigenvalue weighted by atomic mass is 10.1. The van der Waals surface area contributed by atoms with Gasteiger partial charge in [0.05, 0.1) is 10.9 Å². The number of phenols is 1. The molecule has 4 rings (SSSR count). The fraction of sp³-hybridized carbons (Fsp3) is 0.190. The summed E-state index contributed by atoms with van der Waals surface area (Å²) in [4.78, 5) is 8.23. The Bertz CT molecular complexity index is 1200. The molecule has 4 aromatic rings. The molecule has 3 aromatic heterocycles. The Morgan fingerprint density at radius 1 is 1.10 bits per heavy atom. The van der Waals surface area contributed by atoms with Crippen LogP contribution in [-0.4, -0.2) is 24.9 Å². The smallest absolute Gasteiger partial charge is 0.214 e. The van der Waals surface area contributed by atoms with E-state index in [-0.39, 0.29) is 5.75 Å². The average molecular weight is 392 g/mol. The highest BCUT2D eigenvalue weighted by molar-refractivity contribution is 5.93. The fourth-order valence-corrected chi connectivity index (χ4v) is 3.23. The van der Waals surface area contributed by atoms with Crippen molar-refractivity contribution in [3.8, 4) is 5.75 Å². The van der Waals surface area contributed by atoms with Gasteiger partial charge in [-0.05, 0) is 44.5 Å². The Morgan fingerprint density at radius 2 is 1.93 bits per heavy atom. The van der Waals surface area contributed by atoms with Gasteiger partial charge < -0.3 is 15.7 Å². The van der Waals surface area contributed by atoms with Crippen molar-refractivity contribution < 1.29 is 9.50 Å². The van der Waals surface area contributed by atoms with Crippen molar-refractivity contribution in [1.29, 1.82) is 0 Å². The van der Waals surface area contributed by atoms with Crippen LogP contribution in [-0.2, 0) is 6.54 Å². The first-order valence-electron chi connectivity index (χ1n) is 9.28. The van der Waals surface area contributed by atoms with E-state index in [1.807, 2.05) is 37.6 Å². The molecule has 0 amide bonds. The summed E-state index contributed by atoms with van der Waals surface area (Å²) >= 11 is 0. The molecule has 0 aliphatic rings.